The van der Waals surface area contributed by atoms with Crippen LogP contribution in [-0.2, 0) is 19.5 Å². The summed E-state index contributed by atoms with van der Waals surface area (Å²) >= 11 is 1.27. The molecule has 0 radical (unpaired) electrons. The SMILES string of the molecule is O=C(NSc1[c-]cccc1)c1ccccc1.[Zn]. The summed E-state index contributed by atoms with van der Waals surface area (Å²) in [7, 11) is 0. The van der Waals surface area contributed by atoms with E-state index in [1.165, 1.54) is 11.9 Å². The molecule has 0 heterocycles. The molecule has 0 saturated heterocycles. The van der Waals surface area contributed by atoms with E-state index in [-0.39, 0.29) is 25.4 Å². The molecule has 2 nitrogen and oxygen atoms in total. The van der Waals surface area contributed by atoms with Crippen molar-refractivity contribution in [1.82, 2.24) is 4.72 Å². The summed E-state index contributed by atoms with van der Waals surface area (Å²) in [6.07, 6.45) is 0. The van der Waals surface area contributed by atoms with Crippen LogP contribution >= 0.6 is 11.9 Å². The Kier molecular flexibility index (Phi) is 5.95. The topological polar surface area (TPSA) is 29.1 Å². The Morgan fingerprint density at radius 2 is 1.76 bits per heavy atom. The number of rotatable bonds is 3. The van der Waals surface area contributed by atoms with Crippen LogP contribution in [0.1, 0.15) is 10.4 Å². The van der Waals surface area contributed by atoms with Crippen LogP contribution < -0.4 is 4.72 Å². The summed E-state index contributed by atoms with van der Waals surface area (Å²) in [5.41, 5.74) is 0.658. The van der Waals surface area contributed by atoms with E-state index in [9.17, 15) is 4.79 Å². The number of hydrogen-bond donors (Lipinski definition) is 1. The molecular weight excluding hydrogens is 284 g/mol. The first kappa shape index (κ1) is 13.9. The monoisotopic (exact) mass is 292 g/mol. The molecule has 0 spiro atoms. The molecular formula is C13H10NOSZn-. The van der Waals surface area contributed by atoms with Crippen molar-refractivity contribution in [3.63, 3.8) is 0 Å². The van der Waals surface area contributed by atoms with Gasteiger partial charge in [-0.3, -0.25) is 9.52 Å². The second kappa shape index (κ2) is 7.26. The number of benzene rings is 2. The zero-order valence-electron chi connectivity index (χ0n) is 9.22. The van der Waals surface area contributed by atoms with E-state index in [1.54, 1.807) is 12.1 Å². The third kappa shape index (κ3) is 4.33. The van der Waals surface area contributed by atoms with Gasteiger partial charge in [0.1, 0.15) is 0 Å². The van der Waals surface area contributed by atoms with Crippen molar-refractivity contribution in [3.05, 3.63) is 66.2 Å². The summed E-state index contributed by atoms with van der Waals surface area (Å²) in [4.78, 5) is 12.6. The molecule has 1 amide bonds. The minimum Gasteiger partial charge on any atom is -0.294 e. The minimum absolute atomic E-state index is 0. The fourth-order valence-corrected chi connectivity index (χ4v) is 1.78. The van der Waals surface area contributed by atoms with Gasteiger partial charge < -0.3 is 0 Å². The molecule has 0 aliphatic rings. The molecule has 0 aliphatic carbocycles. The molecule has 17 heavy (non-hydrogen) atoms. The number of hydrogen-bond acceptors (Lipinski definition) is 2. The molecule has 0 unspecified atom stereocenters. The number of nitrogens with one attached hydrogen (secondary N) is 1. The van der Waals surface area contributed by atoms with Gasteiger partial charge in [-0.25, -0.2) is 0 Å². The first-order chi connectivity index (χ1) is 7.86. The van der Waals surface area contributed by atoms with Gasteiger partial charge in [-0.05, 0) is 24.1 Å². The maximum atomic E-state index is 11.7. The summed E-state index contributed by atoms with van der Waals surface area (Å²) in [6, 6.07) is 19.7. The molecule has 2 aromatic carbocycles. The van der Waals surface area contributed by atoms with E-state index in [2.05, 4.69) is 10.8 Å². The van der Waals surface area contributed by atoms with Crippen molar-refractivity contribution in [2.45, 2.75) is 4.90 Å². The molecule has 4 heteroatoms. The van der Waals surface area contributed by atoms with Gasteiger partial charge >= 0.3 is 0 Å². The Balaban J connectivity index is 0.00000144. The van der Waals surface area contributed by atoms with Crippen molar-refractivity contribution >= 4 is 17.9 Å². The van der Waals surface area contributed by atoms with Crippen molar-refractivity contribution in [3.8, 4) is 0 Å². The van der Waals surface area contributed by atoms with Crippen LogP contribution in [0.4, 0.5) is 0 Å². The summed E-state index contributed by atoms with van der Waals surface area (Å²) < 4.78 is 2.76. The molecule has 0 saturated carbocycles. The molecule has 0 fully saturated rings. The molecule has 2 aromatic rings. The quantitative estimate of drug-likeness (QED) is 0.535. The first-order valence-electron chi connectivity index (χ1n) is 4.85. The van der Waals surface area contributed by atoms with Gasteiger partial charge in [0, 0.05) is 25.0 Å². The Hall–Kier alpha value is -1.12. The van der Waals surface area contributed by atoms with Crippen molar-refractivity contribution in [2.24, 2.45) is 0 Å². The minimum atomic E-state index is -0.0946. The van der Waals surface area contributed by atoms with Crippen LogP contribution in [0.3, 0.4) is 0 Å². The van der Waals surface area contributed by atoms with E-state index in [0.717, 1.165) is 4.90 Å². The largest absolute Gasteiger partial charge is 0.294 e. The predicted octanol–water partition coefficient (Wildman–Crippen LogP) is 2.92. The van der Waals surface area contributed by atoms with Gasteiger partial charge in [0.25, 0.3) is 5.91 Å². The van der Waals surface area contributed by atoms with Gasteiger partial charge in [-0.2, -0.15) is 30.3 Å². The fraction of sp³-hybridized carbons (Fsp3) is 0. The molecule has 2 rings (SSSR count). The average Bonchev–Trinajstić information content (AvgIpc) is 2.38. The van der Waals surface area contributed by atoms with Crippen LogP contribution in [0.15, 0.2) is 59.5 Å². The average molecular weight is 294 g/mol. The van der Waals surface area contributed by atoms with E-state index >= 15 is 0 Å². The summed E-state index contributed by atoms with van der Waals surface area (Å²) in [5.74, 6) is -0.0946. The van der Waals surface area contributed by atoms with Gasteiger partial charge in [-0.1, -0.05) is 23.1 Å². The van der Waals surface area contributed by atoms with Gasteiger partial charge in [-0.15, -0.1) is 0 Å². The Labute approximate surface area is 118 Å². The fourth-order valence-electron chi connectivity index (χ4n) is 1.19. The van der Waals surface area contributed by atoms with Crippen molar-refractivity contribution in [1.29, 1.82) is 0 Å². The number of amides is 1. The van der Waals surface area contributed by atoms with Crippen LogP contribution in [-0.4, -0.2) is 5.91 Å². The maximum absolute atomic E-state index is 11.7. The standard InChI is InChI=1S/C13H10NOS.Zn/c15-13(11-7-3-1-4-8-11)14-16-12-9-5-2-6-10-12;/h1-9H,(H,14,15);/q-1;. The van der Waals surface area contributed by atoms with Crippen LogP contribution in [0.25, 0.3) is 0 Å². The number of carbonyl (C=O) groups excluding carboxylic acids is 1. The number of carbonyl (C=O) groups is 1. The van der Waals surface area contributed by atoms with E-state index in [1.807, 2.05) is 42.5 Å². The van der Waals surface area contributed by atoms with Gasteiger partial charge in [0.05, 0.1) is 0 Å². The molecule has 0 atom stereocenters. The molecule has 0 aromatic heterocycles. The normalized spacial score (nSPS) is 9.18. The van der Waals surface area contributed by atoms with Crippen molar-refractivity contribution in [2.75, 3.05) is 0 Å². The van der Waals surface area contributed by atoms with Crippen LogP contribution in [0, 0.1) is 6.07 Å². The summed E-state index contributed by atoms with van der Waals surface area (Å²) in [6.45, 7) is 0. The summed E-state index contributed by atoms with van der Waals surface area (Å²) in [5, 5.41) is 0. The van der Waals surface area contributed by atoms with E-state index in [4.69, 9.17) is 0 Å². The second-order valence-electron chi connectivity index (χ2n) is 3.13. The molecule has 0 bridgehead atoms. The van der Waals surface area contributed by atoms with E-state index < -0.39 is 0 Å². The first-order valence-corrected chi connectivity index (χ1v) is 5.67. The predicted molar refractivity (Wildman–Crippen MR) is 65.0 cm³/mol. The third-order valence-electron chi connectivity index (χ3n) is 1.97. The van der Waals surface area contributed by atoms with E-state index in [0.29, 0.717) is 5.56 Å². The van der Waals surface area contributed by atoms with Crippen LogP contribution in [0.2, 0.25) is 0 Å². The maximum Gasteiger partial charge on any atom is 0.261 e. The Morgan fingerprint density at radius 1 is 1.06 bits per heavy atom. The van der Waals surface area contributed by atoms with Crippen molar-refractivity contribution < 1.29 is 24.3 Å². The van der Waals surface area contributed by atoms with Gasteiger partial charge in [0.2, 0.25) is 0 Å². The Bertz CT molecular complexity index is 461. The zero-order chi connectivity index (χ0) is 11.2. The van der Waals surface area contributed by atoms with Gasteiger partial charge in [0.15, 0.2) is 0 Å². The second-order valence-corrected chi connectivity index (χ2v) is 3.97. The zero-order valence-corrected chi connectivity index (χ0v) is 13.0. The Morgan fingerprint density at radius 3 is 2.41 bits per heavy atom. The van der Waals surface area contributed by atoms with Crippen LogP contribution in [0.5, 0.6) is 0 Å². The third-order valence-corrected chi connectivity index (χ3v) is 2.73. The molecule has 82 valence electrons. The molecule has 0 aliphatic heterocycles. The smallest absolute Gasteiger partial charge is 0.261 e. The molecule has 1 N–H and O–H groups in total.